The van der Waals surface area contributed by atoms with Crippen LogP contribution in [-0.4, -0.2) is 4.98 Å². The Balaban J connectivity index is 2.29. The van der Waals surface area contributed by atoms with Gasteiger partial charge in [-0.3, -0.25) is 4.98 Å². The van der Waals surface area contributed by atoms with Crippen molar-refractivity contribution in [1.82, 2.24) is 4.98 Å². The highest BCUT2D eigenvalue weighted by molar-refractivity contribution is 5.04. The summed E-state index contributed by atoms with van der Waals surface area (Å²) in [4.78, 5) is 4.24. The van der Waals surface area contributed by atoms with Gasteiger partial charge in [0.15, 0.2) is 0 Å². The summed E-state index contributed by atoms with van der Waals surface area (Å²) in [7, 11) is 0. The topological polar surface area (TPSA) is 12.9 Å². The second-order valence-electron chi connectivity index (χ2n) is 2.74. The van der Waals surface area contributed by atoms with Gasteiger partial charge in [-0.2, -0.15) is 0 Å². The molecule has 0 saturated carbocycles. The van der Waals surface area contributed by atoms with Gasteiger partial charge in [0.1, 0.15) is 0 Å². The molecule has 0 fully saturated rings. The molecule has 1 aromatic heterocycles. The summed E-state index contributed by atoms with van der Waals surface area (Å²) in [6.45, 7) is 2.15. The molecule has 1 nitrogen and oxygen atoms in total. The molecular weight excluding hydrogens is 146 g/mol. The number of aryl methyl sites for hydroxylation is 1. The van der Waals surface area contributed by atoms with Crippen LogP contribution in [0.15, 0.2) is 36.5 Å². The third-order valence-electron chi connectivity index (χ3n) is 1.70. The maximum Gasteiger partial charge on any atom is 0.0406 e. The number of nitrogens with zero attached hydrogens (tertiary/aromatic N) is 1. The molecule has 0 N–H and O–H groups in total. The van der Waals surface area contributed by atoms with E-state index >= 15 is 0 Å². The fourth-order valence-corrected chi connectivity index (χ4v) is 1.06. The quantitative estimate of drug-likeness (QED) is 0.619. The standard InChI is InChI=1S/C11H15N/c1-2-3-4-5-8-11-9-6-7-10-12-11/h3-4,6-7,9-10H,2,5,8H2,1H3/b4-3+. The highest BCUT2D eigenvalue weighted by Gasteiger charge is 1.88. The summed E-state index contributed by atoms with van der Waals surface area (Å²) >= 11 is 0. The van der Waals surface area contributed by atoms with E-state index in [1.54, 1.807) is 0 Å². The highest BCUT2D eigenvalue weighted by atomic mass is 14.7. The molecule has 0 aromatic carbocycles. The minimum absolute atomic E-state index is 1.05. The van der Waals surface area contributed by atoms with Gasteiger partial charge >= 0.3 is 0 Å². The predicted octanol–water partition coefficient (Wildman–Crippen LogP) is 2.98. The van der Waals surface area contributed by atoms with E-state index in [0.29, 0.717) is 0 Å². The minimum Gasteiger partial charge on any atom is -0.261 e. The van der Waals surface area contributed by atoms with Crippen molar-refractivity contribution in [3.63, 3.8) is 0 Å². The molecular formula is C11H15N. The SMILES string of the molecule is CC/C=C/CCc1ccccn1. The lowest BCUT2D eigenvalue weighted by Crippen LogP contribution is -1.86. The second kappa shape index (κ2) is 5.53. The van der Waals surface area contributed by atoms with Crippen molar-refractivity contribution < 1.29 is 0 Å². The molecule has 0 amide bonds. The maximum atomic E-state index is 4.24. The van der Waals surface area contributed by atoms with E-state index in [1.807, 2.05) is 18.3 Å². The molecule has 0 saturated heterocycles. The molecule has 1 aromatic rings. The Morgan fingerprint density at radius 3 is 2.92 bits per heavy atom. The third-order valence-corrected chi connectivity index (χ3v) is 1.70. The predicted molar refractivity (Wildman–Crippen MR) is 52.0 cm³/mol. The summed E-state index contributed by atoms with van der Waals surface area (Å²) < 4.78 is 0. The second-order valence-corrected chi connectivity index (χ2v) is 2.74. The molecule has 0 radical (unpaired) electrons. The van der Waals surface area contributed by atoms with Crippen molar-refractivity contribution >= 4 is 0 Å². The molecule has 0 aliphatic carbocycles. The largest absolute Gasteiger partial charge is 0.261 e. The van der Waals surface area contributed by atoms with E-state index in [0.717, 1.165) is 19.3 Å². The van der Waals surface area contributed by atoms with Gasteiger partial charge in [-0.05, 0) is 31.4 Å². The first-order valence-corrected chi connectivity index (χ1v) is 4.48. The number of pyridine rings is 1. The Bertz CT molecular complexity index is 226. The van der Waals surface area contributed by atoms with E-state index in [2.05, 4.69) is 30.1 Å². The molecule has 0 bridgehead atoms. The van der Waals surface area contributed by atoms with Gasteiger partial charge in [0.25, 0.3) is 0 Å². The van der Waals surface area contributed by atoms with Gasteiger partial charge < -0.3 is 0 Å². The Hall–Kier alpha value is -1.11. The van der Waals surface area contributed by atoms with Gasteiger partial charge in [0.2, 0.25) is 0 Å². The van der Waals surface area contributed by atoms with E-state index in [-0.39, 0.29) is 0 Å². The molecule has 1 heterocycles. The summed E-state index contributed by atoms with van der Waals surface area (Å²) in [6.07, 6.45) is 9.54. The van der Waals surface area contributed by atoms with E-state index in [9.17, 15) is 0 Å². The van der Waals surface area contributed by atoms with Crippen molar-refractivity contribution in [2.45, 2.75) is 26.2 Å². The number of rotatable bonds is 4. The first-order chi connectivity index (χ1) is 5.93. The average molecular weight is 161 g/mol. The lowest BCUT2D eigenvalue weighted by atomic mass is 10.2. The third kappa shape index (κ3) is 3.33. The molecule has 0 spiro atoms. The average Bonchev–Trinajstić information content (AvgIpc) is 2.14. The van der Waals surface area contributed by atoms with Crippen LogP contribution in [0.4, 0.5) is 0 Å². The fourth-order valence-electron chi connectivity index (χ4n) is 1.06. The first-order valence-electron chi connectivity index (χ1n) is 4.48. The van der Waals surface area contributed by atoms with Crippen LogP contribution in [0.3, 0.4) is 0 Å². The van der Waals surface area contributed by atoms with E-state index in [1.165, 1.54) is 5.69 Å². The zero-order chi connectivity index (χ0) is 8.65. The first kappa shape index (κ1) is 8.98. The van der Waals surface area contributed by atoms with Crippen LogP contribution >= 0.6 is 0 Å². The van der Waals surface area contributed by atoms with Crippen molar-refractivity contribution in [3.8, 4) is 0 Å². The fraction of sp³-hybridized carbons (Fsp3) is 0.364. The molecule has 1 rings (SSSR count). The monoisotopic (exact) mass is 161 g/mol. The molecule has 0 aliphatic heterocycles. The molecule has 0 unspecified atom stereocenters. The zero-order valence-electron chi connectivity index (χ0n) is 7.53. The molecule has 0 atom stereocenters. The summed E-state index contributed by atoms with van der Waals surface area (Å²) in [5.41, 5.74) is 1.18. The normalized spacial score (nSPS) is 10.8. The van der Waals surface area contributed by atoms with Crippen molar-refractivity contribution in [2.75, 3.05) is 0 Å². The van der Waals surface area contributed by atoms with Crippen LogP contribution in [0.2, 0.25) is 0 Å². The Kier molecular flexibility index (Phi) is 4.14. The summed E-state index contributed by atoms with van der Waals surface area (Å²) in [6, 6.07) is 6.05. The Labute approximate surface area is 74.2 Å². The van der Waals surface area contributed by atoms with Crippen molar-refractivity contribution in [2.24, 2.45) is 0 Å². The van der Waals surface area contributed by atoms with E-state index < -0.39 is 0 Å². The zero-order valence-corrected chi connectivity index (χ0v) is 7.53. The molecule has 1 heteroatoms. The van der Waals surface area contributed by atoms with Crippen LogP contribution in [0.5, 0.6) is 0 Å². The molecule has 12 heavy (non-hydrogen) atoms. The van der Waals surface area contributed by atoms with Crippen LogP contribution in [0, 0.1) is 0 Å². The van der Waals surface area contributed by atoms with Gasteiger partial charge in [0.05, 0.1) is 0 Å². The van der Waals surface area contributed by atoms with Gasteiger partial charge in [-0.1, -0.05) is 25.1 Å². The lowest BCUT2D eigenvalue weighted by Gasteiger charge is -1.94. The molecule has 64 valence electrons. The molecule has 0 aliphatic rings. The number of allylic oxidation sites excluding steroid dienone is 2. The van der Waals surface area contributed by atoms with E-state index in [4.69, 9.17) is 0 Å². The lowest BCUT2D eigenvalue weighted by molar-refractivity contribution is 0.938. The van der Waals surface area contributed by atoms with Gasteiger partial charge in [-0.15, -0.1) is 0 Å². The van der Waals surface area contributed by atoms with Crippen molar-refractivity contribution in [1.29, 1.82) is 0 Å². The minimum atomic E-state index is 1.05. The number of aromatic nitrogens is 1. The summed E-state index contributed by atoms with van der Waals surface area (Å²) in [5.74, 6) is 0. The van der Waals surface area contributed by atoms with Crippen LogP contribution in [0.1, 0.15) is 25.5 Å². The van der Waals surface area contributed by atoms with Crippen LogP contribution in [0.25, 0.3) is 0 Å². The van der Waals surface area contributed by atoms with Crippen molar-refractivity contribution in [3.05, 3.63) is 42.2 Å². The highest BCUT2D eigenvalue weighted by Crippen LogP contribution is 1.99. The summed E-state index contributed by atoms with van der Waals surface area (Å²) in [5, 5.41) is 0. The number of hydrogen-bond donors (Lipinski definition) is 0. The Morgan fingerprint density at radius 1 is 1.33 bits per heavy atom. The van der Waals surface area contributed by atoms with Crippen LogP contribution in [-0.2, 0) is 6.42 Å². The number of hydrogen-bond acceptors (Lipinski definition) is 1. The Morgan fingerprint density at radius 2 is 2.25 bits per heavy atom. The maximum absolute atomic E-state index is 4.24. The van der Waals surface area contributed by atoms with Gasteiger partial charge in [0, 0.05) is 11.9 Å². The van der Waals surface area contributed by atoms with Crippen LogP contribution < -0.4 is 0 Å². The van der Waals surface area contributed by atoms with Gasteiger partial charge in [-0.25, -0.2) is 0 Å². The smallest absolute Gasteiger partial charge is 0.0406 e.